The lowest BCUT2D eigenvalue weighted by Crippen LogP contribution is -2.29. The highest BCUT2D eigenvalue weighted by Gasteiger charge is 2.18. The van der Waals surface area contributed by atoms with Gasteiger partial charge in [-0.1, -0.05) is 53.5 Å². The summed E-state index contributed by atoms with van der Waals surface area (Å²) in [6.07, 6.45) is 1.15. The van der Waals surface area contributed by atoms with E-state index in [1.807, 2.05) is 18.2 Å². The summed E-state index contributed by atoms with van der Waals surface area (Å²) < 4.78 is 31.4. The lowest BCUT2D eigenvalue weighted by Gasteiger charge is -2.23. The largest absolute Gasteiger partial charge is 0.484 e. The monoisotopic (exact) mass is 492 g/mol. The van der Waals surface area contributed by atoms with Crippen molar-refractivity contribution < 1.29 is 17.9 Å². The van der Waals surface area contributed by atoms with Gasteiger partial charge < -0.3 is 10.1 Å². The summed E-state index contributed by atoms with van der Waals surface area (Å²) in [6, 6.07) is 20.7. The topological polar surface area (TPSA) is 75.7 Å². The quantitative estimate of drug-likeness (QED) is 0.471. The molecule has 3 rings (SSSR count). The molecule has 1 amide bonds. The van der Waals surface area contributed by atoms with Gasteiger partial charge in [0.25, 0.3) is 5.91 Å². The number of nitrogens with one attached hydrogen (secondary N) is 1. The van der Waals surface area contributed by atoms with Gasteiger partial charge >= 0.3 is 0 Å². The Labute approximate surface area is 197 Å². The zero-order valence-electron chi connectivity index (χ0n) is 17.3. The predicted octanol–water partition coefficient (Wildman–Crippen LogP) is 4.65. The fourth-order valence-electron chi connectivity index (χ4n) is 2.90. The Morgan fingerprint density at radius 2 is 1.62 bits per heavy atom. The zero-order chi connectivity index (χ0) is 23.1. The van der Waals surface area contributed by atoms with Gasteiger partial charge in [-0.2, -0.15) is 0 Å². The summed E-state index contributed by atoms with van der Waals surface area (Å²) in [7, 11) is -3.52. The third-order valence-corrected chi connectivity index (χ3v) is 6.33. The number of carbonyl (C=O) groups is 1. The van der Waals surface area contributed by atoms with E-state index >= 15 is 0 Å². The average molecular weight is 493 g/mol. The predicted molar refractivity (Wildman–Crippen MR) is 128 cm³/mol. The number of halogens is 2. The number of nitrogens with zero attached hydrogens (tertiary/aromatic N) is 1. The molecule has 0 unspecified atom stereocenters. The van der Waals surface area contributed by atoms with Crippen molar-refractivity contribution in [3.05, 3.63) is 94.0 Å². The summed E-state index contributed by atoms with van der Waals surface area (Å²) in [6.45, 7) is 0.292. The third kappa shape index (κ3) is 6.88. The van der Waals surface area contributed by atoms with Crippen LogP contribution in [0, 0.1) is 0 Å². The summed E-state index contributed by atoms with van der Waals surface area (Å²) in [4.78, 5) is 12.1. The second-order valence-electron chi connectivity index (χ2n) is 7.05. The van der Waals surface area contributed by atoms with Gasteiger partial charge in [0.2, 0.25) is 10.0 Å². The normalized spacial score (nSPS) is 11.1. The lowest BCUT2D eigenvalue weighted by molar-refractivity contribution is -0.123. The molecule has 0 fully saturated rings. The van der Waals surface area contributed by atoms with E-state index in [9.17, 15) is 13.2 Å². The number of ether oxygens (including phenoxy) is 1. The van der Waals surface area contributed by atoms with E-state index in [4.69, 9.17) is 27.9 Å². The number of hydrogen-bond acceptors (Lipinski definition) is 4. The molecule has 0 saturated carbocycles. The molecule has 0 aliphatic heterocycles. The molecular weight excluding hydrogens is 471 g/mol. The van der Waals surface area contributed by atoms with Crippen LogP contribution in [0.2, 0.25) is 10.0 Å². The summed E-state index contributed by atoms with van der Waals surface area (Å²) in [5.74, 6) is 0.149. The molecular formula is C23H22Cl2N2O4S. The van der Waals surface area contributed by atoms with E-state index < -0.39 is 10.0 Å². The van der Waals surface area contributed by atoms with E-state index in [-0.39, 0.29) is 19.1 Å². The molecule has 0 aromatic heterocycles. The molecule has 0 saturated heterocycles. The van der Waals surface area contributed by atoms with Gasteiger partial charge in [0, 0.05) is 16.6 Å². The van der Waals surface area contributed by atoms with Gasteiger partial charge in [0.05, 0.1) is 18.5 Å². The first-order chi connectivity index (χ1) is 15.2. The molecule has 0 bridgehead atoms. The van der Waals surface area contributed by atoms with Gasteiger partial charge in [-0.25, -0.2) is 8.42 Å². The molecule has 9 heteroatoms. The minimum absolute atomic E-state index is 0.167. The number of sulfonamides is 1. The SMILES string of the molecule is CS(=O)(=O)N(Cc1ccc(Cl)cc1)c1ccc(OCC(=O)NCc2ccccc2Cl)cc1. The molecule has 0 aliphatic carbocycles. The van der Waals surface area contributed by atoms with E-state index in [1.165, 1.54) is 4.31 Å². The molecule has 0 atom stereocenters. The molecule has 0 aliphatic rings. The number of benzene rings is 3. The Kier molecular flexibility index (Phi) is 8.01. The van der Waals surface area contributed by atoms with Crippen molar-refractivity contribution in [2.45, 2.75) is 13.1 Å². The van der Waals surface area contributed by atoms with Crippen LogP contribution in [0.4, 0.5) is 5.69 Å². The maximum atomic E-state index is 12.3. The van der Waals surface area contributed by atoms with E-state index in [2.05, 4.69) is 5.32 Å². The minimum Gasteiger partial charge on any atom is -0.484 e. The molecule has 0 radical (unpaired) electrons. The number of hydrogen-bond donors (Lipinski definition) is 1. The van der Waals surface area contributed by atoms with Crippen molar-refractivity contribution in [3.8, 4) is 5.75 Å². The van der Waals surface area contributed by atoms with Crippen LogP contribution in [0.5, 0.6) is 5.75 Å². The van der Waals surface area contributed by atoms with E-state index in [0.29, 0.717) is 28.0 Å². The van der Waals surface area contributed by atoms with Crippen molar-refractivity contribution in [2.75, 3.05) is 17.2 Å². The number of anilines is 1. The van der Waals surface area contributed by atoms with Gasteiger partial charge in [-0.3, -0.25) is 9.10 Å². The number of amides is 1. The van der Waals surface area contributed by atoms with Gasteiger partial charge in [0.1, 0.15) is 5.75 Å². The lowest BCUT2D eigenvalue weighted by atomic mass is 10.2. The zero-order valence-corrected chi connectivity index (χ0v) is 19.6. The van der Waals surface area contributed by atoms with E-state index in [0.717, 1.165) is 17.4 Å². The summed E-state index contributed by atoms with van der Waals surface area (Å²) in [5, 5.41) is 3.91. The van der Waals surface area contributed by atoms with Crippen LogP contribution < -0.4 is 14.4 Å². The highest BCUT2D eigenvalue weighted by molar-refractivity contribution is 7.92. The molecule has 3 aromatic rings. The van der Waals surface area contributed by atoms with Gasteiger partial charge in [-0.15, -0.1) is 0 Å². The van der Waals surface area contributed by atoms with Crippen LogP contribution in [-0.4, -0.2) is 27.2 Å². The van der Waals surface area contributed by atoms with Crippen LogP contribution in [-0.2, 0) is 27.9 Å². The van der Waals surface area contributed by atoms with Crippen LogP contribution in [0.3, 0.4) is 0 Å². The summed E-state index contributed by atoms with van der Waals surface area (Å²) >= 11 is 12.0. The average Bonchev–Trinajstić information content (AvgIpc) is 2.76. The van der Waals surface area contributed by atoms with Gasteiger partial charge in [0.15, 0.2) is 6.61 Å². The van der Waals surface area contributed by atoms with Crippen molar-refractivity contribution in [3.63, 3.8) is 0 Å². The fourth-order valence-corrected chi connectivity index (χ4v) is 4.12. The van der Waals surface area contributed by atoms with Crippen molar-refractivity contribution in [2.24, 2.45) is 0 Å². The first-order valence-electron chi connectivity index (χ1n) is 9.67. The van der Waals surface area contributed by atoms with Crippen LogP contribution in [0.15, 0.2) is 72.8 Å². The smallest absolute Gasteiger partial charge is 0.258 e. The van der Waals surface area contributed by atoms with Gasteiger partial charge in [-0.05, 0) is 53.6 Å². The van der Waals surface area contributed by atoms with Crippen molar-refractivity contribution >= 4 is 44.8 Å². The van der Waals surface area contributed by atoms with Crippen molar-refractivity contribution in [1.82, 2.24) is 5.32 Å². The van der Waals surface area contributed by atoms with Crippen LogP contribution >= 0.6 is 23.2 Å². The molecule has 168 valence electrons. The Hall–Kier alpha value is -2.74. The Balaban J connectivity index is 1.59. The highest BCUT2D eigenvalue weighted by Crippen LogP contribution is 2.24. The Bertz CT molecular complexity index is 1170. The second-order valence-corrected chi connectivity index (χ2v) is 9.80. The maximum Gasteiger partial charge on any atom is 0.258 e. The second kappa shape index (κ2) is 10.7. The molecule has 6 nitrogen and oxygen atoms in total. The number of carbonyl (C=O) groups excluding carboxylic acids is 1. The molecule has 0 heterocycles. The third-order valence-electron chi connectivity index (χ3n) is 4.57. The molecule has 0 spiro atoms. The highest BCUT2D eigenvalue weighted by atomic mass is 35.5. The molecule has 1 N–H and O–H groups in total. The summed E-state index contributed by atoms with van der Waals surface area (Å²) in [5.41, 5.74) is 2.10. The van der Waals surface area contributed by atoms with Crippen molar-refractivity contribution in [1.29, 1.82) is 0 Å². The Morgan fingerprint density at radius 3 is 2.25 bits per heavy atom. The first-order valence-corrected chi connectivity index (χ1v) is 12.3. The molecule has 3 aromatic carbocycles. The Morgan fingerprint density at radius 1 is 0.969 bits per heavy atom. The fraction of sp³-hybridized carbons (Fsp3) is 0.174. The molecule has 32 heavy (non-hydrogen) atoms. The standard InChI is InChI=1S/C23H22Cl2N2O4S/c1-32(29,30)27(15-17-6-8-19(24)9-7-17)20-10-12-21(13-11-20)31-16-23(28)26-14-18-4-2-3-5-22(18)25/h2-13H,14-16H2,1H3,(H,26,28). The van der Waals surface area contributed by atoms with Crippen LogP contribution in [0.1, 0.15) is 11.1 Å². The maximum absolute atomic E-state index is 12.3. The number of rotatable bonds is 9. The minimum atomic E-state index is -3.52. The van der Waals surface area contributed by atoms with E-state index in [1.54, 1.807) is 54.6 Å². The van der Waals surface area contributed by atoms with Crippen LogP contribution in [0.25, 0.3) is 0 Å². The first kappa shape index (κ1) is 23.9.